The van der Waals surface area contributed by atoms with E-state index in [-0.39, 0.29) is 12.1 Å². The van der Waals surface area contributed by atoms with Gasteiger partial charge in [-0.05, 0) is 12.8 Å². The summed E-state index contributed by atoms with van der Waals surface area (Å²) in [7, 11) is 1.60. The van der Waals surface area contributed by atoms with E-state index in [0.29, 0.717) is 0 Å². The van der Waals surface area contributed by atoms with Crippen molar-refractivity contribution in [3.63, 3.8) is 0 Å². The quantitative estimate of drug-likeness (QED) is 0.616. The first-order valence-electron chi connectivity index (χ1n) is 4.34. The van der Waals surface area contributed by atoms with Crippen LogP contribution in [0.2, 0.25) is 0 Å². The van der Waals surface area contributed by atoms with Gasteiger partial charge in [-0.25, -0.2) is 4.79 Å². The smallest absolute Gasteiger partial charge is 0.407 e. The van der Waals surface area contributed by atoms with Crippen molar-refractivity contribution in [2.45, 2.75) is 37.8 Å². The van der Waals surface area contributed by atoms with Crippen LogP contribution in [-0.4, -0.2) is 35.2 Å². The van der Waals surface area contributed by atoms with Crippen LogP contribution in [0.1, 0.15) is 25.7 Å². The fraction of sp³-hybridized carbons (Fsp3) is 0.875. The van der Waals surface area contributed by atoms with Crippen LogP contribution in [0, 0.1) is 0 Å². The molecule has 0 radical (unpaired) electrons. The van der Waals surface area contributed by atoms with Gasteiger partial charge in [-0.3, -0.25) is 0 Å². The minimum atomic E-state index is -0.877. The highest BCUT2D eigenvalue weighted by atomic mass is 16.4. The molecule has 1 aliphatic rings. The number of rotatable bonds is 1. The second kappa shape index (κ2) is 3.76. The molecule has 0 aromatic rings. The molecule has 0 heterocycles. The minimum absolute atomic E-state index is 0.0243. The highest BCUT2D eigenvalue weighted by Crippen LogP contribution is 2.20. The van der Waals surface area contributed by atoms with Crippen LogP contribution in [0.3, 0.4) is 0 Å². The fourth-order valence-electron chi connectivity index (χ4n) is 1.76. The second-order valence-electron chi connectivity index (χ2n) is 3.41. The highest BCUT2D eigenvalue weighted by molar-refractivity contribution is 5.65. The van der Waals surface area contributed by atoms with Gasteiger partial charge in [0.05, 0.1) is 0 Å². The predicted octanol–water partition coefficient (Wildman–Crippen LogP) is 0.866. The first kappa shape index (κ1) is 9.32. The Kier molecular flexibility index (Phi) is 2.92. The van der Waals surface area contributed by atoms with Gasteiger partial charge < -0.3 is 15.7 Å². The van der Waals surface area contributed by atoms with Crippen molar-refractivity contribution in [2.24, 2.45) is 5.73 Å². The van der Waals surface area contributed by atoms with Crippen molar-refractivity contribution in [1.82, 2.24) is 4.90 Å². The third-order valence-electron chi connectivity index (χ3n) is 2.58. The van der Waals surface area contributed by atoms with Gasteiger partial charge >= 0.3 is 6.09 Å². The lowest BCUT2D eigenvalue weighted by Gasteiger charge is -2.34. The Morgan fingerprint density at radius 3 is 2.58 bits per heavy atom. The summed E-state index contributed by atoms with van der Waals surface area (Å²) in [5, 5.41) is 8.72. The summed E-state index contributed by atoms with van der Waals surface area (Å²) in [6, 6.07) is 0.0519. The molecule has 1 rings (SSSR count). The molecule has 0 aromatic carbocycles. The third kappa shape index (κ3) is 1.88. The molecule has 0 aromatic heterocycles. The molecule has 4 nitrogen and oxygen atoms in total. The van der Waals surface area contributed by atoms with Crippen LogP contribution in [0.15, 0.2) is 0 Å². The zero-order valence-electron chi connectivity index (χ0n) is 7.36. The number of carboxylic acid groups (broad SMARTS) is 1. The maximum atomic E-state index is 10.6. The van der Waals surface area contributed by atoms with Gasteiger partial charge in [-0.2, -0.15) is 0 Å². The Labute approximate surface area is 72.3 Å². The van der Waals surface area contributed by atoms with Gasteiger partial charge in [0.25, 0.3) is 0 Å². The molecule has 1 amide bonds. The molecule has 70 valence electrons. The molecule has 1 saturated carbocycles. The van der Waals surface area contributed by atoms with E-state index in [9.17, 15) is 4.79 Å². The van der Waals surface area contributed by atoms with Gasteiger partial charge in [0.2, 0.25) is 0 Å². The van der Waals surface area contributed by atoms with Gasteiger partial charge in [0.15, 0.2) is 0 Å². The Morgan fingerprint density at radius 1 is 1.50 bits per heavy atom. The van der Waals surface area contributed by atoms with Gasteiger partial charge in [0.1, 0.15) is 0 Å². The topological polar surface area (TPSA) is 66.6 Å². The second-order valence-corrected chi connectivity index (χ2v) is 3.41. The molecule has 1 aliphatic carbocycles. The van der Waals surface area contributed by atoms with Gasteiger partial charge in [-0.1, -0.05) is 12.8 Å². The molecular formula is C8H16N2O2. The molecule has 0 aliphatic heterocycles. The average Bonchev–Trinajstić information content (AvgIpc) is 2.04. The first-order chi connectivity index (χ1) is 5.63. The summed E-state index contributed by atoms with van der Waals surface area (Å²) in [6.45, 7) is 0. The third-order valence-corrected chi connectivity index (χ3v) is 2.58. The molecular weight excluding hydrogens is 156 g/mol. The number of hydrogen-bond donors (Lipinski definition) is 2. The van der Waals surface area contributed by atoms with E-state index < -0.39 is 6.09 Å². The number of hydrogen-bond acceptors (Lipinski definition) is 2. The van der Waals surface area contributed by atoms with Crippen LogP contribution >= 0.6 is 0 Å². The SMILES string of the molecule is CN(C(=O)O)[C@H]1CCCC[C@H]1N. The van der Waals surface area contributed by atoms with Crippen molar-refractivity contribution in [1.29, 1.82) is 0 Å². The Morgan fingerprint density at radius 2 is 2.08 bits per heavy atom. The van der Waals surface area contributed by atoms with Gasteiger partial charge in [-0.15, -0.1) is 0 Å². The molecule has 12 heavy (non-hydrogen) atoms. The summed E-state index contributed by atoms with van der Waals surface area (Å²) in [5.74, 6) is 0. The maximum Gasteiger partial charge on any atom is 0.407 e. The number of nitrogens with zero attached hydrogens (tertiary/aromatic N) is 1. The predicted molar refractivity (Wildman–Crippen MR) is 46.0 cm³/mol. The Bertz CT molecular complexity index is 172. The number of nitrogens with two attached hydrogens (primary N) is 1. The maximum absolute atomic E-state index is 10.6. The standard InChI is InChI=1S/C8H16N2O2/c1-10(8(11)12)7-5-3-2-4-6(7)9/h6-7H,2-5,9H2,1H3,(H,11,12)/t6-,7+/m1/s1. The van der Waals surface area contributed by atoms with E-state index in [4.69, 9.17) is 10.8 Å². The van der Waals surface area contributed by atoms with Crippen LogP contribution < -0.4 is 5.73 Å². The Balaban J connectivity index is 2.53. The average molecular weight is 172 g/mol. The van der Waals surface area contributed by atoms with E-state index in [1.165, 1.54) is 4.90 Å². The van der Waals surface area contributed by atoms with E-state index in [1.807, 2.05) is 0 Å². The minimum Gasteiger partial charge on any atom is -0.465 e. The summed E-state index contributed by atoms with van der Waals surface area (Å²) < 4.78 is 0. The molecule has 2 atom stereocenters. The molecule has 0 bridgehead atoms. The monoisotopic (exact) mass is 172 g/mol. The van der Waals surface area contributed by atoms with Crippen molar-refractivity contribution in [3.05, 3.63) is 0 Å². The summed E-state index contributed by atoms with van der Waals surface area (Å²) in [5.41, 5.74) is 5.81. The molecule has 3 N–H and O–H groups in total. The lowest BCUT2D eigenvalue weighted by Crippen LogP contribution is -2.49. The lowest BCUT2D eigenvalue weighted by molar-refractivity contribution is 0.119. The van der Waals surface area contributed by atoms with E-state index in [2.05, 4.69) is 0 Å². The fourth-order valence-corrected chi connectivity index (χ4v) is 1.76. The van der Waals surface area contributed by atoms with Crippen LogP contribution in [0.25, 0.3) is 0 Å². The number of amides is 1. The van der Waals surface area contributed by atoms with Crippen LogP contribution in [0.4, 0.5) is 4.79 Å². The molecule has 1 fully saturated rings. The van der Waals surface area contributed by atoms with Crippen molar-refractivity contribution in [3.8, 4) is 0 Å². The molecule has 0 saturated heterocycles. The molecule has 4 heteroatoms. The largest absolute Gasteiger partial charge is 0.465 e. The number of carbonyl (C=O) groups is 1. The van der Waals surface area contributed by atoms with Crippen LogP contribution in [-0.2, 0) is 0 Å². The highest BCUT2D eigenvalue weighted by Gasteiger charge is 2.27. The first-order valence-corrected chi connectivity index (χ1v) is 4.34. The molecule has 0 unspecified atom stereocenters. The van der Waals surface area contributed by atoms with Crippen molar-refractivity contribution in [2.75, 3.05) is 7.05 Å². The summed E-state index contributed by atoms with van der Waals surface area (Å²) in [4.78, 5) is 12.0. The normalized spacial score (nSPS) is 29.8. The van der Waals surface area contributed by atoms with E-state index in [0.717, 1.165) is 25.7 Å². The van der Waals surface area contributed by atoms with E-state index >= 15 is 0 Å². The molecule has 0 spiro atoms. The lowest BCUT2D eigenvalue weighted by atomic mass is 9.90. The summed E-state index contributed by atoms with van der Waals surface area (Å²) in [6.07, 6.45) is 3.20. The zero-order valence-corrected chi connectivity index (χ0v) is 7.36. The Hall–Kier alpha value is -0.770. The summed E-state index contributed by atoms with van der Waals surface area (Å²) >= 11 is 0. The van der Waals surface area contributed by atoms with Crippen molar-refractivity contribution < 1.29 is 9.90 Å². The number of likely N-dealkylation sites (N-methyl/N-ethyl adjacent to an activating group) is 1. The zero-order chi connectivity index (χ0) is 9.14. The van der Waals surface area contributed by atoms with Crippen molar-refractivity contribution >= 4 is 6.09 Å². The van der Waals surface area contributed by atoms with E-state index in [1.54, 1.807) is 7.05 Å². The van der Waals surface area contributed by atoms with Gasteiger partial charge in [0, 0.05) is 19.1 Å². The van der Waals surface area contributed by atoms with Crippen LogP contribution in [0.5, 0.6) is 0 Å².